The number of nitrogens with zero attached hydrogens (tertiary/aromatic N) is 3. The van der Waals surface area contributed by atoms with E-state index < -0.39 is 0 Å². The average molecular weight is 364 g/mol. The summed E-state index contributed by atoms with van der Waals surface area (Å²) in [6, 6.07) is 6.16. The van der Waals surface area contributed by atoms with Gasteiger partial charge in [-0.05, 0) is 43.9 Å². The molecule has 0 bridgehead atoms. The summed E-state index contributed by atoms with van der Waals surface area (Å²) in [5.41, 5.74) is 8.08. The van der Waals surface area contributed by atoms with Crippen molar-refractivity contribution in [3.63, 3.8) is 0 Å². The Bertz CT molecular complexity index is 687. The molecule has 0 radical (unpaired) electrons. The molecule has 3 rings (SSSR count). The molecule has 2 aromatic rings. The third-order valence-corrected chi connectivity index (χ3v) is 4.79. The van der Waals surface area contributed by atoms with E-state index in [0.717, 1.165) is 40.3 Å². The number of hydrogen-bond acceptors (Lipinski definition) is 2. The Morgan fingerprint density at radius 3 is 3.00 bits per heavy atom. The molecule has 118 valence electrons. The minimum absolute atomic E-state index is 0.504. The fourth-order valence-electron chi connectivity index (χ4n) is 2.78. The first-order valence-electron chi connectivity index (χ1n) is 7.86. The number of rotatable bonds is 5. The fourth-order valence-corrected chi connectivity index (χ4v) is 3.13. The van der Waals surface area contributed by atoms with Crippen molar-refractivity contribution in [1.82, 2.24) is 14.9 Å². The molecule has 1 aromatic carbocycles. The van der Waals surface area contributed by atoms with E-state index in [1.807, 2.05) is 12.1 Å². The molecule has 6 heteroatoms. The second-order valence-electron chi connectivity index (χ2n) is 5.78. The number of guanidine groups is 1. The molecule has 0 saturated heterocycles. The minimum atomic E-state index is 0.504. The second kappa shape index (κ2) is 6.69. The van der Waals surface area contributed by atoms with Crippen molar-refractivity contribution in [2.45, 2.75) is 39.3 Å². The number of aromatic nitrogens is 2. The lowest BCUT2D eigenvalue weighted by Crippen LogP contribution is -2.37. The smallest absolute Gasteiger partial charge is 0.189 e. The molecule has 0 aliphatic heterocycles. The van der Waals surface area contributed by atoms with E-state index in [9.17, 15) is 0 Å². The Balaban J connectivity index is 1.71. The summed E-state index contributed by atoms with van der Waals surface area (Å²) in [7, 11) is 0. The van der Waals surface area contributed by atoms with Crippen LogP contribution in [0.4, 0.5) is 0 Å². The molecule has 1 aliphatic rings. The molecule has 1 aromatic heterocycles. The molecule has 5 nitrogen and oxygen atoms in total. The van der Waals surface area contributed by atoms with Crippen molar-refractivity contribution in [3.8, 4) is 0 Å². The molecule has 22 heavy (non-hydrogen) atoms. The van der Waals surface area contributed by atoms with Crippen LogP contribution in [-0.4, -0.2) is 22.1 Å². The lowest BCUT2D eigenvalue weighted by molar-refractivity contribution is 0.315. The summed E-state index contributed by atoms with van der Waals surface area (Å²) >= 11 is 3.49. The van der Waals surface area contributed by atoms with E-state index >= 15 is 0 Å². The summed E-state index contributed by atoms with van der Waals surface area (Å²) in [5.74, 6) is 2.23. The zero-order valence-electron chi connectivity index (χ0n) is 12.8. The molecular weight excluding hydrogens is 342 g/mol. The number of nitrogens with two attached hydrogens (primary N) is 1. The Kier molecular flexibility index (Phi) is 4.66. The number of aryl methyl sites for hydroxylation is 1. The van der Waals surface area contributed by atoms with Crippen LogP contribution in [0.5, 0.6) is 0 Å². The van der Waals surface area contributed by atoms with Crippen LogP contribution >= 0.6 is 15.9 Å². The Labute approximate surface area is 139 Å². The van der Waals surface area contributed by atoms with Gasteiger partial charge in [0.05, 0.1) is 11.0 Å². The van der Waals surface area contributed by atoms with Gasteiger partial charge in [-0.3, -0.25) is 0 Å². The molecule has 1 fully saturated rings. The van der Waals surface area contributed by atoms with Gasteiger partial charge >= 0.3 is 0 Å². The van der Waals surface area contributed by atoms with Gasteiger partial charge in [0, 0.05) is 17.6 Å². The zero-order valence-corrected chi connectivity index (χ0v) is 14.4. The molecule has 0 spiro atoms. The van der Waals surface area contributed by atoms with Gasteiger partial charge in [0.2, 0.25) is 0 Å². The highest BCUT2D eigenvalue weighted by molar-refractivity contribution is 9.10. The topological polar surface area (TPSA) is 68.2 Å². The Morgan fingerprint density at radius 2 is 2.32 bits per heavy atom. The van der Waals surface area contributed by atoms with E-state index in [4.69, 9.17) is 5.73 Å². The highest BCUT2D eigenvalue weighted by Crippen LogP contribution is 2.25. The lowest BCUT2D eigenvalue weighted by Gasteiger charge is -2.25. The van der Waals surface area contributed by atoms with E-state index in [-0.39, 0.29) is 0 Å². The van der Waals surface area contributed by atoms with Crippen LogP contribution < -0.4 is 11.1 Å². The Hall–Kier alpha value is -1.56. The van der Waals surface area contributed by atoms with Crippen LogP contribution in [0.2, 0.25) is 0 Å². The number of hydrogen-bond donors (Lipinski definition) is 2. The molecular formula is C16H22BrN5. The number of halogens is 1. The van der Waals surface area contributed by atoms with Gasteiger partial charge in [-0.25, -0.2) is 9.98 Å². The highest BCUT2D eigenvalue weighted by atomic mass is 79.9. The fraction of sp³-hybridized carbons (Fsp3) is 0.500. The van der Waals surface area contributed by atoms with Gasteiger partial charge < -0.3 is 15.6 Å². The minimum Gasteiger partial charge on any atom is -0.370 e. The van der Waals surface area contributed by atoms with Crippen molar-refractivity contribution in [1.29, 1.82) is 0 Å². The number of fused-ring (bicyclic) bond motifs is 1. The highest BCUT2D eigenvalue weighted by Gasteiger charge is 2.17. The molecule has 1 heterocycles. The number of aliphatic imine (C=N–C) groups is 1. The van der Waals surface area contributed by atoms with Gasteiger partial charge in [-0.15, -0.1) is 0 Å². The van der Waals surface area contributed by atoms with E-state index in [2.05, 4.69) is 48.8 Å². The first-order chi connectivity index (χ1) is 10.7. The number of nitrogens with one attached hydrogen (secondary N) is 1. The summed E-state index contributed by atoms with van der Waals surface area (Å²) in [5, 5.41) is 3.22. The monoisotopic (exact) mass is 363 g/mol. The maximum Gasteiger partial charge on any atom is 0.189 e. The third kappa shape index (κ3) is 3.27. The van der Waals surface area contributed by atoms with Crippen LogP contribution in [0.3, 0.4) is 0 Å². The standard InChI is InChI=1S/C16H22BrN5/c1-2-22-14-7-6-12(17)8-13(14)21-15(22)10-20-16(18)19-9-11-4-3-5-11/h6-8,11H,2-5,9-10H2,1H3,(H3,18,19,20). The quantitative estimate of drug-likeness (QED) is 0.633. The van der Waals surface area contributed by atoms with E-state index in [1.165, 1.54) is 19.3 Å². The van der Waals surface area contributed by atoms with Crippen molar-refractivity contribution < 1.29 is 0 Å². The summed E-state index contributed by atoms with van der Waals surface area (Å²) < 4.78 is 3.22. The average Bonchev–Trinajstić information content (AvgIpc) is 2.79. The predicted molar refractivity (Wildman–Crippen MR) is 93.8 cm³/mol. The van der Waals surface area contributed by atoms with Gasteiger partial charge in [-0.1, -0.05) is 22.4 Å². The van der Waals surface area contributed by atoms with Gasteiger partial charge in [-0.2, -0.15) is 0 Å². The molecule has 0 amide bonds. The van der Waals surface area contributed by atoms with Crippen LogP contribution in [-0.2, 0) is 13.1 Å². The van der Waals surface area contributed by atoms with Crippen molar-refractivity contribution in [2.24, 2.45) is 16.6 Å². The lowest BCUT2D eigenvalue weighted by atomic mass is 9.85. The Morgan fingerprint density at radius 1 is 1.50 bits per heavy atom. The number of benzene rings is 1. The summed E-state index contributed by atoms with van der Waals surface area (Å²) in [6.45, 7) is 4.43. The van der Waals surface area contributed by atoms with Gasteiger partial charge in [0.1, 0.15) is 12.4 Å². The molecule has 1 aliphatic carbocycles. The zero-order chi connectivity index (χ0) is 15.5. The van der Waals surface area contributed by atoms with Crippen LogP contribution in [0.25, 0.3) is 11.0 Å². The number of imidazole rings is 1. The van der Waals surface area contributed by atoms with Crippen LogP contribution in [0, 0.1) is 5.92 Å². The van der Waals surface area contributed by atoms with Crippen molar-refractivity contribution in [2.75, 3.05) is 6.54 Å². The van der Waals surface area contributed by atoms with Gasteiger partial charge in [0.25, 0.3) is 0 Å². The largest absolute Gasteiger partial charge is 0.370 e. The maximum atomic E-state index is 5.95. The summed E-state index contributed by atoms with van der Waals surface area (Å²) in [4.78, 5) is 9.12. The SMILES string of the molecule is CCn1c(CN=C(N)NCC2CCC2)nc2cc(Br)ccc21. The van der Waals surface area contributed by atoms with Crippen molar-refractivity contribution in [3.05, 3.63) is 28.5 Å². The molecule has 3 N–H and O–H groups in total. The normalized spacial score (nSPS) is 16.0. The van der Waals surface area contributed by atoms with E-state index in [0.29, 0.717) is 12.5 Å². The van der Waals surface area contributed by atoms with Crippen molar-refractivity contribution >= 4 is 32.9 Å². The first kappa shape index (κ1) is 15.3. The maximum absolute atomic E-state index is 5.95. The van der Waals surface area contributed by atoms with Gasteiger partial charge in [0.15, 0.2) is 5.96 Å². The molecule has 0 atom stereocenters. The third-order valence-electron chi connectivity index (χ3n) is 4.29. The first-order valence-corrected chi connectivity index (χ1v) is 8.65. The molecule has 0 unspecified atom stereocenters. The van der Waals surface area contributed by atoms with Crippen LogP contribution in [0.15, 0.2) is 27.7 Å². The second-order valence-corrected chi connectivity index (χ2v) is 6.70. The van der Waals surface area contributed by atoms with Crippen LogP contribution in [0.1, 0.15) is 32.0 Å². The van der Waals surface area contributed by atoms with E-state index in [1.54, 1.807) is 0 Å². The predicted octanol–water partition coefficient (Wildman–Crippen LogP) is 3.02. The molecule has 1 saturated carbocycles. The summed E-state index contributed by atoms with van der Waals surface area (Å²) in [6.07, 6.45) is 3.96.